The molecule has 4 rings (SSSR count). The Balaban J connectivity index is 1.72. The maximum absolute atomic E-state index is 13.3. The van der Waals surface area contributed by atoms with Crippen molar-refractivity contribution in [2.45, 2.75) is 78.1 Å². The van der Waals surface area contributed by atoms with Crippen molar-refractivity contribution in [3.8, 4) is 0 Å². The molecule has 2 heteroatoms. The summed E-state index contributed by atoms with van der Waals surface area (Å²) in [5.41, 5.74) is -0.0670. The molecule has 0 amide bonds. The van der Waals surface area contributed by atoms with Crippen molar-refractivity contribution >= 4 is 12.1 Å². The molecule has 0 N–H and O–H groups in total. The van der Waals surface area contributed by atoms with Gasteiger partial charge in [-0.2, -0.15) is 0 Å². The summed E-state index contributed by atoms with van der Waals surface area (Å²) in [4.78, 5) is 25.5. The number of fused-ring (bicyclic) bond motifs is 5. The van der Waals surface area contributed by atoms with Gasteiger partial charge in [0.1, 0.15) is 12.1 Å². The first-order valence-electron chi connectivity index (χ1n) is 10.1. The fourth-order valence-corrected chi connectivity index (χ4v) is 7.73. The van der Waals surface area contributed by atoms with Gasteiger partial charge in [0, 0.05) is 17.8 Å². The summed E-state index contributed by atoms with van der Waals surface area (Å²) < 4.78 is 0. The predicted octanol–water partition coefficient (Wildman–Crippen LogP) is 4.80. The molecule has 4 aliphatic rings. The molecule has 4 saturated carbocycles. The van der Waals surface area contributed by atoms with Crippen molar-refractivity contribution < 1.29 is 9.59 Å². The average molecular weight is 316 g/mol. The van der Waals surface area contributed by atoms with E-state index in [2.05, 4.69) is 13.8 Å². The van der Waals surface area contributed by atoms with Crippen LogP contribution in [-0.2, 0) is 9.59 Å². The van der Waals surface area contributed by atoms with E-state index < -0.39 is 0 Å². The number of hydrogen-bond donors (Lipinski definition) is 0. The van der Waals surface area contributed by atoms with E-state index in [9.17, 15) is 9.59 Å². The van der Waals surface area contributed by atoms with E-state index in [0.29, 0.717) is 30.0 Å². The van der Waals surface area contributed by atoms with Crippen molar-refractivity contribution in [1.82, 2.24) is 0 Å². The molecule has 0 heterocycles. The minimum Gasteiger partial charge on any atom is -0.303 e. The van der Waals surface area contributed by atoms with Gasteiger partial charge in [-0.1, -0.05) is 33.1 Å². The molecular weight excluding hydrogens is 284 g/mol. The fraction of sp³-hybridized carbons (Fsp3) is 0.905. The van der Waals surface area contributed by atoms with Crippen LogP contribution in [0, 0.1) is 40.4 Å². The second-order valence-electron chi connectivity index (χ2n) is 9.33. The molecule has 0 aliphatic heterocycles. The second-order valence-corrected chi connectivity index (χ2v) is 9.33. The fourth-order valence-electron chi connectivity index (χ4n) is 7.73. The van der Waals surface area contributed by atoms with Crippen LogP contribution in [0.5, 0.6) is 0 Å². The van der Waals surface area contributed by atoms with E-state index in [0.717, 1.165) is 18.8 Å². The molecule has 128 valence electrons. The average Bonchev–Trinajstić information content (AvgIpc) is 2.92. The van der Waals surface area contributed by atoms with Crippen LogP contribution in [0.4, 0.5) is 0 Å². The number of hydrogen-bond acceptors (Lipinski definition) is 2. The van der Waals surface area contributed by atoms with Crippen molar-refractivity contribution in [2.24, 2.45) is 40.4 Å². The monoisotopic (exact) mass is 316 g/mol. The molecule has 0 saturated heterocycles. The van der Waals surface area contributed by atoms with Crippen LogP contribution in [0.2, 0.25) is 0 Å². The lowest BCUT2D eigenvalue weighted by atomic mass is 9.44. The van der Waals surface area contributed by atoms with Crippen LogP contribution >= 0.6 is 0 Å². The van der Waals surface area contributed by atoms with Crippen LogP contribution in [0.15, 0.2) is 0 Å². The maximum atomic E-state index is 13.3. The molecule has 1 unspecified atom stereocenters. The van der Waals surface area contributed by atoms with Crippen LogP contribution in [0.1, 0.15) is 78.1 Å². The van der Waals surface area contributed by atoms with Crippen molar-refractivity contribution in [1.29, 1.82) is 0 Å². The Labute approximate surface area is 140 Å². The molecule has 4 fully saturated rings. The molecule has 7 atom stereocenters. The highest BCUT2D eigenvalue weighted by atomic mass is 16.1. The molecule has 0 bridgehead atoms. The van der Waals surface area contributed by atoms with E-state index in [1.807, 2.05) is 0 Å². The summed E-state index contributed by atoms with van der Waals surface area (Å²) >= 11 is 0. The van der Waals surface area contributed by atoms with Gasteiger partial charge in [-0.25, -0.2) is 0 Å². The SMILES string of the molecule is CC[C@H]1CC[C@H]2[C@@H]3CCC4CCCC[C@]4(C)[C@H]3C(=O)C[C@]12C=O. The van der Waals surface area contributed by atoms with Gasteiger partial charge in [0.25, 0.3) is 0 Å². The lowest BCUT2D eigenvalue weighted by molar-refractivity contribution is -0.161. The normalized spacial score (nSPS) is 52.4. The van der Waals surface area contributed by atoms with Gasteiger partial charge in [0.2, 0.25) is 0 Å². The third-order valence-electron chi connectivity index (χ3n) is 8.77. The van der Waals surface area contributed by atoms with Crippen molar-refractivity contribution in [2.75, 3.05) is 0 Å². The number of carbonyl (C=O) groups is 2. The summed E-state index contributed by atoms with van der Waals surface area (Å²) in [6.07, 6.45) is 12.9. The Morgan fingerprint density at radius 2 is 1.96 bits per heavy atom. The number of rotatable bonds is 2. The topological polar surface area (TPSA) is 34.1 Å². The first kappa shape index (κ1) is 15.8. The molecule has 0 aromatic rings. The quantitative estimate of drug-likeness (QED) is 0.686. The molecule has 0 spiro atoms. The zero-order valence-electron chi connectivity index (χ0n) is 14.9. The lowest BCUT2D eigenvalue weighted by Gasteiger charge is -2.59. The second kappa shape index (κ2) is 5.43. The third kappa shape index (κ3) is 1.99. The van der Waals surface area contributed by atoms with E-state index in [1.54, 1.807) is 0 Å². The van der Waals surface area contributed by atoms with Crippen LogP contribution in [0.25, 0.3) is 0 Å². The maximum Gasteiger partial charge on any atom is 0.137 e. The first-order valence-corrected chi connectivity index (χ1v) is 10.1. The lowest BCUT2D eigenvalue weighted by Crippen LogP contribution is -2.57. The van der Waals surface area contributed by atoms with Crippen LogP contribution in [-0.4, -0.2) is 12.1 Å². The summed E-state index contributed by atoms with van der Waals surface area (Å²) in [6.45, 7) is 4.62. The summed E-state index contributed by atoms with van der Waals surface area (Å²) in [5, 5.41) is 0. The first-order chi connectivity index (χ1) is 11.1. The molecule has 2 nitrogen and oxygen atoms in total. The number of aldehydes is 1. The molecule has 0 radical (unpaired) electrons. The van der Waals surface area contributed by atoms with Gasteiger partial charge in [-0.15, -0.1) is 0 Å². The van der Waals surface area contributed by atoms with E-state index >= 15 is 0 Å². The Morgan fingerprint density at radius 1 is 1.13 bits per heavy atom. The van der Waals surface area contributed by atoms with Gasteiger partial charge < -0.3 is 4.79 Å². The van der Waals surface area contributed by atoms with Gasteiger partial charge in [0.05, 0.1) is 0 Å². The Bertz CT molecular complexity index is 512. The Morgan fingerprint density at radius 3 is 2.70 bits per heavy atom. The van der Waals surface area contributed by atoms with Gasteiger partial charge in [0.15, 0.2) is 0 Å². The van der Waals surface area contributed by atoms with Crippen molar-refractivity contribution in [3.63, 3.8) is 0 Å². The zero-order valence-corrected chi connectivity index (χ0v) is 14.9. The smallest absolute Gasteiger partial charge is 0.137 e. The Hall–Kier alpha value is -0.660. The summed E-state index contributed by atoms with van der Waals surface area (Å²) in [5.74, 6) is 2.91. The minimum atomic E-state index is -0.301. The standard InChI is InChI=1S/C21H32O2/c1-3-14-8-10-17-16-9-7-15-6-4-5-11-20(15,2)19(16)18(23)12-21(14,17)13-22/h13-17,19H,3-12H2,1-2H3/t14-,15?,16-,17-,19+,20-,21-/m0/s1. The van der Waals surface area contributed by atoms with Gasteiger partial charge >= 0.3 is 0 Å². The van der Waals surface area contributed by atoms with E-state index in [-0.39, 0.29) is 16.7 Å². The molecule has 0 aromatic heterocycles. The zero-order chi connectivity index (χ0) is 16.2. The summed E-state index contributed by atoms with van der Waals surface area (Å²) in [6, 6.07) is 0. The Kier molecular flexibility index (Phi) is 3.74. The van der Waals surface area contributed by atoms with Crippen LogP contribution in [0.3, 0.4) is 0 Å². The van der Waals surface area contributed by atoms with Gasteiger partial charge in [-0.3, -0.25) is 4.79 Å². The van der Waals surface area contributed by atoms with Crippen LogP contribution < -0.4 is 0 Å². The highest BCUT2D eigenvalue weighted by Crippen LogP contribution is 2.66. The van der Waals surface area contributed by atoms with Gasteiger partial charge in [-0.05, 0) is 67.6 Å². The largest absolute Gasteiger partial charge is 0.303 e. The third-order valence-corrected chi connectivity index (χ3v) is 8.77. The molecule has 23 heavy (non-hydrogen) atoms. The number of ketones is 1. The number of carbonyl (C=O) groups excluding carboxylic acids is 2. The molecular formula is C21H32O2. The number of Topliss-reactive ketones (excluding diaryl/α,β-unsaturated/α-hetero) is 1. The molecule has 4 aliphatic carbocycles. The molecule has 0 aromatic carbocycles. The highest BCUT2D eigenvalue weighted by Gasteiger charge is 2.64. The van der Waals surface area contributed by atoms with E-state index in [1.165, 1.54) is 51.2 Å². The summed E-state index contributed by atoms with van der Waals surface area (Å²) in [7, 11) is 0. The van der Waals surface area contributed by atoms with Crippen molar-refractivity contribution in [3.05, 3.63) is 0 Å². The highest BCUT2D eigenvalue weighted by molar-refractivity contribution is 5.88. The van der Waals surface area contributed by atoms with E-state index in [4.69, 9.17) is 0 Å². The predicted molar refractivity (Wildman–Crippen MR) is 90.9 cm³/mol. The minimum absolute atomic E-state index is 0.234.